The van der Waals surface area contributed by atoms with Crippen molar-refractivity contribution >= 4 is 11.7 Å². The van der Waals surface area contributed by atoms with E-state index in [9.17, 15) is 18.0 Å². The molecule has 1 heterocycles. The van der Waals surface area contributed by atoms with Gasteiger partial charge in [0.15, 0.2) is 0 Å². The molecule has 3 rings (SSSR count). The van der Waals surface area contributed by atoms with E-state index >= 15 is 0 Å². The van der Waals surface area contributed by atoms with Crippen LogP contribution in [0.25, 0.3) is 0 Å². The molecule has 5 nitrogen and oxygen atoms in total. The van der Waals surface area contributed by atoms with E-state index in [-0.39, 0.29) is 18.1 Å². The van der Waals surface area contributed by atoms with Crippen molar-refractivity contribution in [2.75, 3.05) is 5.32 Å². The minimum Gasteiger partial charge on any atom is -0.457 e. The Morgan fingerprint density at radius 1 is 0.963 bits per heavy atom. The van der Waals surface area contributed by atoms with Gasteiger partial charge in [0.05, 0.1) is 12.0 Å². The van der Waals surface area contributed by atoms with Crippen molar-refractivity contribution < 1.29 is 22.7 Å². The summed E-state index contributed by atoms with van der Waals surface area (Å²) < 4.78 is 43.2. The highest BCUT2D eigenvalue weighted by atomic mass is 19.4. The lowest BCUT2D eigenvalue weighted by molar-refractivity contribution is -0.137. The number of ether oxygens (including phenoxy) is 1. The van der Waals surface area contributed by atoms with Crippen molar-refractivity contribution in [1.82, 2.24) is 9.97 Å². The molecule has 1 aromatic heterocycles. The van der Waals surface area contributed by atoms with Gasteiger partial charge in [-0.25, -0.2) is 9.97 Å². The van der Waals surface area contributed by atoms with Gasteiger partial charge in [0, 0.05) is 6.20 Å². The van der Waals surface area contributed by atoms with E-state index in [2.05, 4.69) is 15.3 Å². The zero-order valence-electron chi connectivity index (χ0n) is 13.9. The number of alkyl halides is 3. The second-order valence-corrected chi connectivity index (χ2v) is 5.59. The molecule has 8 heteroatoms. The van der Waals surface area contributed by atoms with Crippen LogP contribution in [0.1, 0.15) is 11.1 Å². The number of hydrogen-bond acceptors (Lipinski definition) is 4. The van der Waals surface area contributed by atoms with Gasteiger partial charge in [-0.2, -0.15) is 13.2 Å². The Kier molecular flexibility index (Phi) is 5.35. The number of rotatable bonds is 5. The quantitative estimate of drug-likeness (QED) is 0.717. The van der Waals surface area contributed by atoms with Crippen LogP contribution in [0.2, 0.25) is 0 Å². The first-order valence-electron chi connectivity index (χ1n) is 7.90. The van der Waals surface area contributed by atoms with E-state index in [1.165, 1.54) is 24.7 Å². The summed E-state index contributed by atoms with van der Waals surface area (Å²) in [7, 11) is 0. The van der Waals surface area contributed by atoms with Crippen LogP contribution in [0.5, 0.6) is 11.5 Å². The molecule has 27 heavy (non-hydrogen) atoms. The van der Waals surface area contributed by atoms with Crippen molar-refractivity contribution in [2.45, 2.75) is 12.6 Å². The van der Waals surface area contributed by atoms with E-state index in [1.807, 2.05) is 0 Å². The van der Waals surface area contributed by atoms with Gasteiger partial charge in [-0.1, -0.05) is 12.1 Å². The van der Waals surface area contributed by atoms with E-state index in [1.54, 1.807) is 30.3 Å². The average Bonchev–Trinajstić information content (AvgIpc) is 2.64. The fourth-order valence-corrected chi connectivity index (χ4v) is 2.26. The Labute approximate surface area is 152 Å². The number of amides is 1. The van der Waals surface area contributed by atoms with E-state index in [0.717, 1.165) is 17.7 Å². The molecular weight excluding hydrogens is 359 g/mol. The van der Waals surface area contributed by atoms with E-state index in [0.29, 0.717) is 11.6 Å². The summed E-state index contributed by atoms with van der Waals surface area (Å²) in [5.74, 6) is 0.925. The zero-order chi connectivity index (χ0) is 19.3. The second kappa shape index (κ2) is 7.86. The summed E-state index contributed by atoms with van der Waals surface area (Å²) >= 11 is 0. The number of carbonyl (C=O) groups is 1. The minimum absolute atomic E-state index is 0.143. The third-order valence-electron chi connectivity index (χ3n) is 3.55. The van der Waals surface area contributed by atoms with Gasteiger partial charge in [-0.3, -0.25) is 4.79 Å². The van der Waals surface area contributed by atoms with Crippen molar-refractivity contribution in [2.24, 2.45) is 0 Å². The summed E-state index contributed by atoms with van der Waals surface area (Å²) in [6, 6.07) is 12.7. The molecule has 0 unspecified atom stereocenters. The summed E-state index contributed by atoms with van der Waals surface area (Å²) in [5.41, 5.74) is 0.0150. The fourth-order valence-electron chi connectivity index (χ4n) is 2.26. The number of carbonyl (C=O) groups excluding carboxylic acids is 1. The molecule has 0 bridgehead atoms. The van der Waals surface area contributed by atoms with Crippen LogP contribution in [0, 0.1) is 0 Å². The third kappa shape index (κ3) is 5.27. The minimum atomic E-state index is -4.38. The lowest BCUT2D eigenvalue weighted by atomic mass is 10.1. The van der Waals surface area contributed by atoms with E-state index < -0.39 is 11.7 Å². The Bertz CT molecular complexity index is 896. The first-order chi connectivity index (χ1) is 12.9. The Hall–Kier alpha value is -3.42. The van der Waals surface area contributed by atoms with Crippen LogP contribution in [0.4, 0.5) is 19.0 Å². The predicted molar refractivity (Wildman–Crippen MR) is 92.3 cm³/mol. The molecule has 0 radical (unpaired) electrons. The summed E-state index contributed by atoms with van der Waals surface area (Å²) in [6.45, 7) is 0. The maximum atomic E-state index is 12.6. The second-order valence-electron chi connectivity index (χ2n) is 5.59. The van der Waals surface area contributed by atoms with E-state index in [4.69, 9.17) is 4.74 Å². The lowest BCUT2D eigenvalue weighted by Gasteiger charge is -2.09. The normalized spacial score (nSPS) is 11.1. The van der Waals surface area contributed by atoms with Crippen LogP contribution in [0.3, 0.4) is 0 Å². The first kappa shape index (κ1) is 18.4. The van der Waals surface area contributed by atoms with Crippen LogP contribution >= 0.6 is 0 Å². The number of halogens is 3. The molecule has 0 spiro atoms. The SMILES string of the molecule is O=C(Cc1ccc(Oc2ccc(C(F)(F)F)cc2)cc1)Nc1ccncn1. The Morgan fingerprint density at radius 3 is 2.15 bits per heavy atom. The van der Waals surface area contributed by atoms with Crippen LogP contribution < -0.4 is 10.1 Å². The van der Waals surface area contributed by atoms with Gasteiger partial charge in [-0.15, -0.1) is 0 Å². The van der Waals surface area contributed by atoms with Crippen LogP contribution in [0.15, 0.2) is 67.1 Å². The number of hydrogen-bond donors (Lipinski definition) is 1. The summed E-state index contributed by atoms with van der Waals surface area (Å²) in [4.78, 5) is 19.7. The number of aromatic nitrogens is 2. The molecule has 1 amide bonds. The third-order valence-corrected chi connectivity index (χ3v) is 3.55. The summed E-state index contributed by atoms with van der Waals surface area (Å²) in [5, 5.41) is 2.65. The molecule has 0 aliphatic carbocycles. The lowest BCUT2D eigenvalue weighted by Crippen LogP contribution is -2.15. The van der Waals surface area contributed by atoms with Crippen molar-refractivity contribution in [3.63, 3.8) is 0 Å². The van der Waals surface area contributed by atoms with Gasteiger partial charge in [0.25, 0.3) is 0 Å². The highest BCUT2D eigenvalue weighted by Crippen LogP contribution is 2.31. The average molecular weight is 373 g/mol. The number of anilines is 1. The molecule has 0 aliphatic rings. The largest absolute Gasteiger partial charge is 0.457 e. The van der Waals surface area contributed by atoms with Crippen LogP contribution in [-0.4, -0.2) is 15.9 Å². The molecule has 0 fully saturated rings. The molecule has 138 valence electrons. The molecule has 3 aromatic rings. The zero-order valence-corrected chi connectivity index (χ0v) is 13.9. The van der Waals surface area contributed by atoms with Crippen molar-refractivity contribution in [1.29, 1.82) is 0 Å². The fraction of sp³-hybridized carbons (Fsp3) is 0.105. The maximum absolute atomic E-state index is 12.6. The van der Waals surface area contributed by atoms with Gasteiger partial charge < -0.3 is 10.1 Å². The Balaban J connectivity index is 1.58. The molecule has 0 atom stereocenters. The maximum Gasteiger partial charge on any atom is 0.416 e. The molecule has 0 saturated carbocycles. The number of nitrogens with zero attached hydrogens (tertiary/aromatic N) is 2. The molecule has 2 aromatic carbocycles. The number of nitrogens with one attached hydrogen (secondary N) is 1. The highest BCUT2D eigenvalue weighted by Gasteiger charge is 2.30. The predicted octanol–water partition coefficient (Wildman–Crippen LogP) is 4.47. The van der Waals surface area contributed by atoms with Crippen LogP contribution in [-0.2, 0) is 17.4 Å². The Morgan fingerprint density at radius 2 is 1.59 bits per heavy atom. The summed E-state index contributed by atoms with van der Waals surface area (Å²) in [6.07, 6.45) is -1.38. The molecule has 0 saturated heterocycles. The standard InChI is InChI=1S/C19H14F3N3O2/c20-19(21,22)14-3-7-16(8-4-14)27-15-5-1-13(2-6-15)11-18(26)25-17-9-10-23-12-24-17/h1-10,12H,11H2,(H,23,24,25,26). The van der Waals surface area contributed by atoms with Gasteiger partial charge >= 0.3 is 6.18 Å². The van der Waals surface area contributed by atoms with Gasteiger partial charge in [0.1, 0.15) is 23.6 Å². The van der Waals surface area contributed by atoms with Crippen molar-refractivity contribution in [3.05, 3.63) is 78.2 Å². The molecule has 1 N–H and O–H groups in total. The molecular formula is C19H14F3N3O2. The highest BCUT2D eigenvalue weighted by molar-refractivity contribution is 5.91. The topological polar surface area (TPSA) is 64.1 Å². The number of benzene rings is 2. The smallest absolute Gasteiger partial charge is 0.416 e. The monoisotopic (exact) mass is 373 g/mol. The van der Waals surface area contributed by atoms with Gasteiger partial charge in [0.2, 0.25) is 5.91 Å². The molecule has 0 aliphatic heterocycles. The van der Waals surface area contributed by atoms with Crippen molar-refractivity contribution in [3.8, 4) is 11.5 Å². The van der Waals surface area contributed by atoms with Gasteiger partial charge in [-0.05, 0) is 48.0 Å². The first-order valence-corrected chi connectivity index (χ1v) is 7.90.